The van der Waals surface area contributed by atoms with Crippen molar-refractivity contribution in [3.8, 4) is 0 Å². The lowest BCUT2D eigenvalue weighted by Crippen LogP contribution is -2.02. The van der Waals surface area contributed by atoms with Crippen LogP contribution in [-0.4, -0.2) is 9.97 Å². The van der Waals surface area contributed by atoms with Crippen molar-refractivity contribution in [2.75, 3.05) is 5.32 Å². The number of rotatable bonds is 3. The van der Waals surface area contributed by atoms with Gasteiger partial charge in [0.15, 0.2) is 0 Å². The second-order valence-electron chi connectivity index (χ2n) is 3.74. The molecule has 0 atom stereocenters. The molecular weight excluding hydrogens is 222 g/mol. The molecule has 2 rings (SSSR count). The van der Waals surface area contributed by atoms with E-state index < -0.39 is 0 Å². The number of nitrogens with one attached hydrogen (secondary N) is 2. The van der Waals surface area contributed by atoms with E-state index in [0.29, 0.717) is 6.54 Å². The highest BCUT2D eigenvalue weighted by Crippen LogP contribution is 2.23. The van der Waals surface area contributed by atoms with E-state index in [4.69, 9.17) is 11.6 Å². The molecule has 1 heterocycles. The van der Waals surface area contributed by atoms with Crippen molar-refractivity contribution in [3.05, 3.63) is 46.5 Å². The molecule has 0 saturated heterocycles. The van der Waals surface area contributed by atoms with Crippen molar-refractivity contribution >= 4 is 17.3 Å². The molecule has 0 spiro atoms. The molecule has 0 unspecified atom stereocenters. The highest BCUT2D eigenvalue weighted by atomic mass is 35.5. The second kappa shape index (κ2) is 4.58. The van der Waals surface area contributed by atoms with Crippen LogP contribution in [0.15, 0.2) is 24.5 Å². The predicted molar refractivity (Wildman–Crippen MR) is 66.8 cm³/mol. The first-order valence-corrected chi connectivity index (χ1v) is 5.54. The molecule has 0 radical (unpaired) electrons. The van der Waals surface area contributed by atoms with E-state index in [1.807, 2.05) is 32.0 Å². The number of hydrogen-bond donors (Lipinski definition) is 2. The van der Waals surface area contributed by atoms with Crippen LogP contribution in [0, 0.1) is 13.8 Å². The number of aryl methyl sites for hydroxylation is 1. The van der Waals surface area contributed by atoms with Crippen molar-refractivity contribution in [2.24, 2.45) is 0 Å². The number of anilines is 1. The zero-order valence-electron chi connectivity index (χ0n) is 9.34. The maximum Gasteiger partial charge on any atom is 0.0925 e. The van der Waals surface area contributed by atoms with E-state index in [0.717, 1.165) is 27.7 Å². The van der Waals surface area contributed by atoms with Crippen LogP contribution < -0.4 is 5.32 Å². The molecule has 0 saturated carbocycles. The Morgan fingerprint density at radius 1 is 1.38 bits per heavy atom. The van der Waals surface area contributed by atoms with E-state index in [1.54, 1.807) is 6.33 Å². The van der Waals surface area contributed by atoms with Gasteiger partial charge >= 0.3 is 0 Å². The lowest BCUT2D eigenvalue weighted by atomic mass is 10.2. The monoisotopic (exact) mass is 235 g/mol. The third-order valence-corrected chi connectivity index (χ3v) is 3.06. The van der Waals surface area contributed by atoms with Gasteiger partial charge < -0.3 is 10.3 Å². The van der Waals surface area contributed by atoms with E-state index in [-0.39, 0.29) is 0 Å². The summed E-state index contributed by atoms with van der Waals surface area (Å²) in [7, 11) is 0. The third kappa shape index (κ3) is 2.19. The topological polar surface area (TPSA) is 40.7 Å². The number of benzene rings is 1. The average Bonchev–Trinajstić information content (AvgIpc) is 2.67. The Kier molecular flexibility index (Phi) is 3.15. The summed E-state index contributed by atoms with van der Waals surface area (Å²) < 4.78 is 0. The van der Waals surface area contributed by atoms with E-state index >= 15 is 0 Å². The Labute approximate surface area is 99.9 Å². The number of nitrogens with zero attached hydrogens (tertiary/aromatic N) is 1. The van der Waals surface area contributed by atoms with Crippen LogP contribution in [0.3, 0.4) is 0 Å². The first kappa shape index (κ1) is 11.0. The molecule has 84 valence electrons. The van der Waals surface area contributed by atoms with E-state index in [1.165, 1.54) is 0 Å². The molecule has 1 aromatic carbocycles. The Morgan fingerprint density at radius 2 is 2.19 bits per heavy atom. The summed E-state index contributed by atoms with van der Waals surface area (Å²) in [5, 5.41) is 4.11. The SMILES string of the molecule is Cc1[nH]cnc1CNc1cccc(Cl)c1C. The van der Waals surface area contributed by atoms with Gasteiger partial charge in [0.25, 0.3) is 0 Å². The summed E-state index contributed by atoms with van der Waals surface area (Å²) in [5.74, 6) is 0. The van der Waals surface area contributed by atoms with Crippen molar-refractivity contribution in [2.45, 2.75) is 20.4 Å². The number of imidazole rings is 1. The molecule has 1 aromatic heterocycles. The smallest absolute Gasteiger partial charge is 0.0925 e. The molecule has 3 nitrogen and oxygen atoms in total. The van der Waals surface area contributed by atoms with Gasteiger partial charge in [-0.15, -0.1) is 0 Å². The van der Waals surface area contributed by atoms with Crippen LogP contribution in [0.2, 0.25) is 5.02 Å². The van der Waals surface area contributed by atoms with Crippen LogP contribution in [0.25, 0.3) is 0 Å². The minimum atomic E-state index is 0.705. The maximum atomic E-state index is 6.04. The highest BCUT2D eigenvalue weighted by Gasteiger charge is 2.04. The number of halogens is 1. The summed E-state index contributed by atoms with van der Waals surface area (Å²) in [6.45, 7) is 4.72. The van der Waals surface area contributed by atoms with Crippen LogP contribution in [-0.2, 0) is 6.54 Å². The van der Waals surface area contributed by atoms with Gasteiger partial charge in [-0.1, -0.05) is 17.7 Å². The number of aromatic nitrogens is 2. The molecule has 0 aliphatic heterocycles. The highest BCUT2D eigenvalue weighted by molar-refractivity contribution is 6.31. The normalized spacial score (nSPS) is 10.4. The van der Waals surface area contributed by atoms with Crippen LogP contribution in [0.5, 0.6) is 0 Å². The van der Waals surface area contributed by atoms with Gasteiger partial charge in [0.05, 0.1) is 18.6 Å². The fourth-order valence-corrected chi connectivity index (χ4v) is 1.72. The van der Waals surface area contributed by atoms with Gasteiger partial charge in [-0.05, 0) is 31.5 Å². The summed E-state index contributed by atoms with van der Waals surface area (Å²) in [6.07, 6.45) is 1.71. The Bertz CT molecular complexity index is 491. The van der Waals surface area contributed by atoms with Crippen molar-refractivity contribution in [1.29, 1.82) is 0 Å². The van der Waals surface area contributed by atoms with Gasteiger partial charge in [0.1, 0.15) is 0 Å². The minimum Gasteiger partial charge on any atom is -0.379 e. The number of H-pyrrole nitrogens is 1. The molecule has 0 aliphatic carbocycles. The summed E-state index contributed by atoms with van der Waals surface area (Å²) in [5.41, 5.74) is 4.24. The lowest BCUT2D eigenvalue weighted by Gasteiger charge is -2.09. The number of hydrogen-bond acceptors (Lipinski definition) is 2. The van der Waals surface area contributed by atoms with Crippen molar-refractivity contribution in [3.63, 3.8) is 0 Å². The van der Waals surface area contributed by atoms with Crippen LogP contribution in [0.4, 0.5) is 5.69 Å². The molecule has 2 aromatic rings. The molecule has 4 heteroatoms. The predicted octanol–water partition coefficient (Wildman–Crippen LogP) is 3.29. The molecule has 0 bridgehead atoms. The van der Waals surface area contributed by atoms with Gasteiger partial charge in [0, 0.05) is 16.4 Å². The summed E-state index contributed by atoms with van der Waals surface area (Å²) in [4.78, 5) is 7.29. The Hall–Kier alpha value is -1.48. The molecule has 0 fully saturated rings. The first-order chi connectivity index (χ1) is 7.68. The summed E-state index contributed by atoms with van der Waals surface area (Å²) >= 11 is 6.04. The minimum absolute atomic E-state index is 0.705. The largest absolute Gasteiger partial charge is 0.379 e. The standard InChI is InChI=1S/C12H14ClN3/c1-8-10(13)4-3-5-11(8)14-6-12-9(2)15-7-16-12/h3-5,7,14H,6H2,1-2H3,(H,15,16). The molecule has 0 aliphatic rings. The second-order valence-corrected chi connectivity index (χ2v) is 4.15. The average molecular weight is 236 g/mol. The molecular formula is C12H14ClN3. The first-order valence-electron chi connectivity index (χ1n) is 5.16. The Morgan fingerprint density at radius 3 is 2.88 bits per heavy atom. The number of aromatic amines is 1. The van der Waals surface area contributed by atoms with Crippen LogP contribution >= 0.6 is 11.6 Å². The van der Waals surface area contributed by atoms with Crippen molar-refractivity contribution in [1.82, 2.24) is 9.97 Å². The fraction of sp³-hybridized carbons (Fsp3) is 0.250. The van der Waals surface area contributed by atoms with E-state index in [9.17, 15) is 0 Å². The van der Waals surface area contributed by atoms with Gasteiger partial charge in [0.2, 0.25) is 0 Å². The maximum absolute atomic E-state index is 6.04. The molecule has 0 amide bonds. The molecule has 16 heavy (non-hydrogen) atoms. The quantitative estimate of drug-likeness (QED) is 0.857. The van der Waals surface area contributed by atoms with Crippen LogP contribution in [0.1, 0.15) is 17.0 Å². The van der Waals surface area contributed by atoms with Crippen molar-refractivity contribution < 1.29 is 0 Å². The molecule has 2 N–H and O–H groups in total. The Balaban J connectivity index is 2.11. The zero-order chi connectivity index (χ0) is 11.5. The van der Waals surface area contributed by atoms with Gasteiger partial charge in [-0.2, -0.15) is 0 Å². The summed E-state index contributed by atoms with van der Waals surface area (Å²) in [6, 6.07) is 5.85. The third-order valence-electron chi connectivity index (χ3n) is 2.65. The lowest BCUT2D eigenvalue weighted by molar-refractivity contribution is 1.05. The van der Waals surface area contributed by atoms with Gasteiger partial charge in [-0.25, -0.2) is 4.98 Å². The zero-order valence-corrected chi connectivity index (χ0v) is 10.1. The van der Waals surface area contributed by atoms with Gasteiger partial charge in [-0.3, -0.25) is 0 Å². The van der Waals surface area contributed by atoms with E-state index in [2.05, 4.69) is 15.3 Å². The fourth-order valence-electron chi connectivity index (χ4n) is 1.54.